The van der Waals surface area contributed by atoms with Crippen LogP contribution in [-0.4, -0.2) is 57.6 Å². The van der Waals surface area contributed by atoms with E-state index in [0.717, 1.165) is 0 Å². The zero-order chi connectivity index (χ0) is 10.0. The van der Waals surface area contributed by atoms with Crippen LogP contribution in [-0.2, 0) is 9.47 Å². The Bertz CT molecular complexity index is 147. The van der Waals surface area contributed by atoms with Crippen LogP contribution in [0.3, 0.4) is 0 Å². The Morgan fingerprint density at radius 3 is 2.46 bits per heavy atom. The second-order valence-electron chi connectivity index (χ2n) is 2.89. The predicted molar refractivity (Wildman–Crippen MR) is 52.6 cm³/mol. The van der Waals surface area contributed by atoms with Crippen LogP contribution in [0.5, 0.6) is 0 Å². The van der Waals surface area contributed by atoms with E-state index in [2.05, 4.69) is 0 Å². The second kappa shape index (κ2) is 4.85. The molecule has 1 aliphatic rings. The molecule has 0 aromatic heterocycles. The van der Waals surface area contributed by atoms with E-state index >= 15 is 0 Å². The first-order valence-electron chi connectivity index (χ1n) is 3.91. The maximum absolute atomic E-state index is 9.52. The minimum absolute atomic E-state index is 0.197. The molecule has 0 spiro atoms. The van der Waals surface area contributed by atoms with E-state index in [9.17, 15) is 10.2 Å². The molecule has 0 radical (unpaired) electrons. The van der Waals surface area contributed by atoms with Crippen LogP contribution in [0.4, 0.5) is 0 Å². The van der Waals surface area contributed by atoms with Crippen molar-refractivity contribution in [3.63, 3.8) is 0 Å². The molecule has 1 saturated heterocycles. The fourth-order valence-electron chi connectivity index (χ4n) is 1.24. The molecule has 1 fully saturated rings. The lowest BCUT2D eigenvalue weighted by atomic mass is 10.0. The summed E-state index contributed by atoms with van der Waals surface area (Å²) in [6, 6.07) is 0. The monoisotopic (exact) mass is 301 g/mol. The molecule has 78 valence electrons. The van der Waals surface area contributed by atoms with Gasteiger partial charge in [-0.2, -0.15) is 0 Å². The van der Waals surface area contributed by atoms with Gasteiger partial charge in [0.1, 0.15) is 6.10 Å². The first-order valence-corrected chi connectivity index (χ1v) is 5.15. The second-order valence-corrected chi connectivity index (χ2v) is 4.33. The molecule has 5 nitrogen and oxygen atoms in total. The molecule has 0 aliphatic carbocycles. The first-order chi connectivity index (χ1) is 6.11. The molecule has 1 aliphatic heterocycles. The number of methoxy groups -OCH3 is 1. The number of aliphatic hydroxyl groups excluding tert-OH is 3. The minimum atomic E-state index is -1.06. The van der Waals surface area contributed by atoms with Crippen molar-refractivity contribution >= 4 is 22.6 Å². The van der Waals surface area contributed by atoms with E-state index in [-0.39, 0.29) is 10.5 Å². The molecule has 1 rings (SSSR count). The first kappa shape index (κ1) is 11.6. The summed E-state index contributed by atoms with van der Waals surface area (Å²) in [6.45, 7) is -0.197. The van der Waals surface area contributed by atoms with Crippen LogP contribution in [0.2, 0.25) is 0 Å². The molecular formula is C7H13IO5. The third kappa shape index (κ3) is 2.31. The molecule has 0 saturated carbocycles. The van der Waals surface area contributed by atoms with E-state index in [1.807, 2.05) is 22.6 Å². The van der Waals surface area contributed by atoms with Gasteiger partial charge < -0.3 is 24.8 Å². The van der Waals surface area contributed by atoms with Gasteiger partial charge in [0.15, 0.2) is 6.29 Å². The Labute approximate surface area is 89.8 Å². The standard InChI is InChI=1S/C7H13IO5/c1-12-7-6(11)5(10)4(8)3(2-9)13-7/h3-7,9-11H,2H2,1H3/t3-,4-,5+,6-,7?/m1/s1/i8-3. The number of hydrogen-bond donors (Lipinski definition) is 3. The summed E-state index contributed by atoms with van der Waals surface area (Å²) in [7, 11) is 1.38. The topological polar surface area (TPSA) is 79.2 Å². The largest absolute Gasteiger partial charge is 0.394 e. The van der Waals surface area contributed by atoms with Crippen LogP contribution in [0.1, 0.15) is 0 Å². The quantitative estimate of drug-likeness (QED) is 0.445. The van der Waals surface area contributed by atoms with E-state index < -0.39 is 24.6 Å². The number of hydrogen-bond acceptors (Lipinski definition) is 5. The van der Waals surface area contributed by atoms with Crippen LogP contribution in [0.15, 0.2) is 0 Å². The predicted octanol–water partition coefficient (Wildman–Crippen LogP) is -1.12. The molecule has 0 amide bonds. The van der Waals surface area contributed by atoms with Crippen molar-refractivity contribution in [2.24, 2.45) is 0 Å². The van der Waals surface area contributed by atoms with Crippen molar-refractivity contribution in [3.8, 4) is 0 Å². The van der Waals surface area contributed by atoms with Gasteiger partial charge in [0, 0.05) is 7.11 Å². The van der Waals surface area contributed by atoms with E-state index in [1.54, 1.807) is 0 Å². The van der Waals surface area contributed by atoms with Gasteiger partial charge in [-0.15, -0.1) is 0 Å². The van der Waals surface area contributed by atoms with Crippen LogP contribution in [0.25, 0.3) is 0 Å². The molecule has 0 aromatic rings. The normalized spacial score (nSPS) is 46.4. The average molecular weight is 301 g/mol. The van der Waals surface area contributed by atoms with Crippen LogP contribution in [0, 0.1) is 0 Å². The average Bonchev–Trinajstić information content (AvgIpc) is 2.15. The smallest absolute Gasteiger partial charge is 0.186 e. The lowest BCUT2D eigenvalue weighted by molar-refractivity contribution is -0.257. The van der Waals surface area contributed by atoms with Gasteiger partial charge in [-0.3, -0.25) is 0 Å². The van der Waals surface area contributed by atoms with Gasteiger partial charge in [0.2, 0.25) is 0 Å². The maximum atomic E-state index is 9.52. The highest BCUT2D eigenvalue weighted by Gasteiger charge is 2.42. The Morgan fingerprint density at radius 2 is 2.00 bits per heavy atom. The van der Waals surface area contributed by atoms with Crippen molar-refractivity contribution in [1.82, 2.24) is 0 Å². The molecule has 5 atom stereocenters. The number of alkyl halides is 1. The highest BCUT2D eigenvalue weighted by molar-refractivity contribution is 14.1. The lowest BCUT2D eigenvalue weighted by Gasteiger charge is -2.39. The maximum Gasteiger partial charge on any atom is 0.186 e. The van der Waals surface area contributed by atoms with E-state index in [0.29, 0.717) is 0 Å². The zero-order valence-electron chi connectivity index (χ0n) is 7.13. The summed E-state index contributed by atoms with van der Waals surface area (Å²) in [5.74, 6) is 0. The third-order valence-corrected chi connectivity index (χ3v) is 3.57. The molecule has 13 heavy (non-hydrogen) atoms. The Kier molecular flexibility index (Phi) is 4.33. The number of ether oxygens (including phenoxy) is 2. The molecule has 1 heterocycles. The summed E-state index contributed by atoms with van der Waals surface area (Å²) >= 11 is 1.94. The van der Waals surface area contributed by atoms with Gasteiger partial charge in [0.05, 0.1) is 22.7 Å². The van der Waals surface area contributed by atoms with Crippen molar-refractivity contribution in [2.45, 2.75) is 28.5 Å². The highest BCUT2D eigenvalue weighted by atomic mass is 124. The molecular weight excluding hydrogens is 288 g/mol. The van der Waals surface area contributed by atoms with Gasteiger partial charge >= 0.3 is 0 Å². The molecule has 3 N–H and O–H groups in total. The van der Waals surface area contributed by atoms with Crippen LogP contribution < -0.4 is 0 Å². The van der Waals surface area contributed by atoms with Gasteiger partial charge in [-0.25, -0.2) is 0 Å². The Morgan fingerprint density at radius 1 is 1.38 bits per heavy atom. The SMILES string of the molecule is COC1O[C@H](CO)[C@@H]([124I])[C@H](O)[C@H]1O. The summed E-state index contributed by atoms with van der Waals surface area (Å²) in [5, 5.41) is 27.9. The highest BCUT2D eigenvalue weighted by Crippen LogP contribution is 2.26. The van der Waals surface area contributed by atoms with Crippen LogP contribution >= 0.6 is 22.6 Å². The molecule has 0 aromatic carbocycles. The number of aliphatic hydroxyl groups is 3. The fourth-order valence-corrected chi connectivity index (χ4v) is 2.06. The van der Waals surface area contributed by atoms with Crippen molar-refractivity contribution in [2.75, 3.05) is 13.7 Å². The summed E-state index contributed by atoms with van der Waals surface area (Å²) < 4.78 is 9.67. The summed E-state index contributed by atoms with van der Waals surface area (Å²) in [5.41, 5.74) is 0. The van der Waals surface area contributed by atoms with Crippen molar-refractivity contribution in [3.05, 3.63) is 0 Å². The molecule has 1 unspecified atom stereocenters. The Balaban J connectivity index is 2.66. The van der Waals surface area contributed by atoms with E-state index in [1.165, 1.54) is 7.11 Å². The van der Waals surface area contributed by atoms with Crippen molar-refractivity contribution in [1.29, 1.82) is 0 Å². The number of halogens is 1. The van der Waals surface area contributed by atoms with Gasteiger partial charge in [-0.05, 0) is 0 Å². The third-order valence-electron chi connectivity index (χ3n) is 2.03. The fraction of sp³-hybridized carbons (Fsp3) is 1.00. The minimum Gasteiger partial charge on any atom is -0.394 e. The molecule has 0 bridgehead atoms. The summed E-state index contributed by atoms with van der Waals surface area (Å²) in [6.07, 6.45) is -3.35. The van der Waals surface area contributed by atoms with Gasteiger partial charge in [0.25, 0.3) is 0 Å². The van der Waals surface area contributed by atoms with Gasteiger partial charge in [-0.1, -0.05) is 22.6 Å². The Hall–Kier alpha value is 0.530. The lowest BCUT2D eigenvalue weighted by Crippen LogP contribution is -2.56. The molecule has 6 heteroatoms. The zero-order valence-corrected chi connectivity index (χ0v) is 9.29. The number of rotatable bonds is 2. The van der Waals surface area contributed by atoms with E-state index in [4.69, 9.17) is 14.6 Å². The summed E-state index contributed by atoms with van der Waals surface area (Å²) in [4.78, 5) is 0. The van der Waals surface area contributed by atoms with Crippen molar-refractivity contribution < 1.29 is 24.8 Å².